The Balaban J connectivity index is 2.28. The number of esters is 1. The Morgan fingerprint density at radius 1 is 1.10 bits per heavy atom. The van der Waals surface area contributed by atoms with Crippen molar-refractivity contribution in [2.75, 3.05) is 19.9 Å². The second-order valence-corrected chi connectivity index (χ2v) is 11.9. The first kappa shape index (κ1) is 23.9. The topological polar surface area (TPSA) is 93.2 Å². The maximum atomic E-state index is 12.7. The zero-order valence-electron chi connectivity index (χ0n) is 18.7. The van der Waals surface area contributed by atoms with Gasteiger partial charge in [-0.2, -0.15) is 4.31 Å². The van der Waals surface area contributed by atoms with Crippen molar-refractivity contribution in [1.29, 1.82) is 0 Å². The summed E-state index contributed by atoms with van der Waals surface area (Å²) in [6.45, 7) is 9.75. The van der Waals surface area contributed by atoms with Crippen molar-refractivity contribution < 1.29 is 27.5 Å². The summed E-state index contributed by atoms with van der Waals surface area (Å²) in [7, 11) is -2.26. The van der Waals surface area contributed by atoms with Crippen molar-refractivity contribution in [3.63, 3.8) is 0 Å². The van der Waals surface area contributed by atoms with Crippen LogP contribution in [-0.4, -0.2) is 73.3 Å². The molecule has 2 atom stereocenters. The van der Waals surface area contributed by atoms with Gasteiger partial charge in [-0.3, -0.25) is 4.90 Å². The summed E-state index contributed by atoms with van der Waals surface area (Å²) in [6.07, 6.45) is 4.19. The summed E-state index contributed by atoms with van der Waals surface area (Å²) >= 11 is 0. The highest BCUT2D eigenvalue weighted by Crippen LogP contribution is 2.39. The molecule has 0 aromatic rings. The van der Waals surface area contributed by atoms with Crippen molar-refractivity contribution in [2.24, 2.45) is 5.41 Å². The molecule has 1 saturated carbocycles. The van der Waals surface area contributed by atoms with Gasteiger partial charge in [-0.1, -0.05) is 13.8 Å². The standard InChI is InChI=1S/C20H36N2O6S/c1-19(2,3)28-18(24)21-13-15(12-16(21)17(23)27-6)22(29(7,25)26)14-8-10-20(4,5)11-9-14/h14-16H,8-13H2,1-7H3/t15-,16-/m0/s1. The van der Waals surface area contributed by atoms with Gasteiger partial charge in [0.25, 0.3) is 0 Å². The molecule has 168 valence electrons. The van der Waals surface area contributed by atoms with Crippen LogP contribution in [0.4, 0.5) is 4.79 Å². The molecular formula is C20H36N2O6S. The van der Waals surface area contributed by atoms with Gasteiger partial charge in [-0.05, 0) is 58.3 Å². The molecule has 1 amide bonds. The molecule has 0 aromatic heterocycles. The molecule has 9 heteroatoms. The monoisotopic (exact) mass is 432 g/mol. The van der Waals surface area contributed by atoms with Crippen LogP contribution < -0.4 is 0 Å². The molecule has 0 aromatic carbocycles. The third-order valence-electron chi connectivity index (χ3n) is 5.79. The Morgan fingerprint density at radius 2 is 1.66 bits per heavy atom. The fourth-order valence-electron chi connectivity index (χ4n) is 4.36. The summed E-state index contributed by atoms with van der Waals surface area (Å²) in [5, 5.41) is 0. The van der Waals surface area contributed by atoms with E-state index in [4.69, 9.17) is 9.47 Å². The van der Waals surface area contributed by atoms with Crippen molar-refractivity contribution in [3.8, 4) is 0 Å². The molecule has 2 fully saturated rings. The van der Waals surface area contributed by atoms with Gasteiger partial charge in [0.2, 0.25) is 10.0 Å². The minimum Gasteiger partial charge on any atom is -0.467 e. The highest BCUT2D eigenvalue weighted by atomic mass is 32.2. The van der Waals surface area contributed by atoms with Crippen LogP contribution in [0.25, 0.3) is 0 Å². The first-order valence-electron chi connectivity index (χ1n) is 10.2. The van der Waals surface area contributed by atoms with E-state index < -0.39 is 39.8 Å². The average Bonchev–Trinajstić information content (AvgIpc) is 2.98. The number of sulfonamides is 1. The Morgan fingerprint density at radius 3 is 2.10 bits per heavy atom. The fraction of sp³-hybridized carbons (Fsp3) is 0.900. The van der Waals surface area contributed by atoms with Crippen LogP contribution in [0.15, 0.2) is 0 Å². The van der Waals surface area contributed by atoms with Crippen LogP contribution in [0, 0.1) is 5.41 Å². The van der Waals surface area contributed by atoms with E-state index in [1.807, 2.05) is 0 Å². The van der Waals surface area contributed by atoms with Crippen LogP contribution in [-0.2, 0) is 24.3 Å². The SMILES string of the molecule is COC(=O)[C@@H]1C[C@H](N(C2CCC(C)(C)CC2)S(C)(=O)=O)CN1C(=O)OC(C)(C)C. The Kier molecular flexibility index (Phi) is 6.94. The van der Waals surface area contributed by atoms with Gasteiger partial charge in [0.05, 0.1) is 13.4 Å². The molecule has 0 N–H and O–H groups in total. The maximum absolute atomic E-state index is 12.7. The quantitative estimate of drug-likeness (QED) is 0.634. The number of carbonyl (C=O) groups is 2. The van der Waals surface area contributed by atoms with Crippen molar-refractivity contribution in [1.82, 2.24) is 9.21 Å². The Hall–Kier alpha value is -1.35. The number of hydrogen-bond acceptors (Lipinski definition) is 6. The predicted molar refractivity (Wildman–Crippen MR) is 110 cm³/mol. The Bertz CT molecular complexity index is 718. The summed E-state index contributed by atoms with van der Waals surface area (Å²) in [4.78, 5) is 26.3. The van der Waals surface area contributed by atoms with Crippen molar-refractivity contribution in [2.45, 2.75) is 90.4 Å². The zero-order valence-corrected chi connectivity index (χ0v) is 19.5. The zero-order chi connectivity index (χ0) is 22.2. The maximum Gasteiger partial charge on any atom is 0.411 e. The number of hydrogen-bond donors (Lipinski definition) is 0. The van der Waals surface area contributed by atoms with Crippen molar-refractivity contribution in [3.05, 3.63) is 0 Å². The van der Waals surface area contributed by atoms with Gasteiger partial charge in [-0.15, -0.1) is 0 Å². The molecular weight excluding hydrogens is 396 g/mol. The van der Waals surface area contributed by atoms with E-state index in [1.165, 1.54) is 22.6 Å². The number of rotatable bonds is 4. The number of carbonyl (C=O) groups excluding carboxylic acids is 2. The van der Waals surface area contributed by atoms with E-state index in [-0.39, 0.29) is 24.4 Å². The summed E-state index contributed by atoms with van der Waals surface area (Å²) in [5.41, 5.74) is -0.520. The number of ether oxygens (including phenoxy) is 2. The van der Waals surface area contributed by atoms with E-state index in [0.717, 1.165) is 25.7 Å². The van der Waals surface area contributed by atoms with Crippen LogP contribution in [0.5, 0.6) is 0 Å². The predicted octanol–water partition coefficient (Wildman–Crippen LogP) is 2.77. The minimum atomic E-state index is -3.52. The molecule has 0 radical (unpaired) electrons. The lowest BCUT2D eigenvalue weighted by atomic mass is 9.75. The highest BCUT2D eigenvalue weighted by Gasteiger charge is 2.48. The molecule has 1 aliphatic heterocycles. The molecule has 0 unspecified atom stereocenters. The molecule has 0 spiro atoms. The Labute approximate surface area is 174 Å². The van der Waals surface area contributed by atoms with Crippen LogP contribution >= 0.6 is 0 Å². The van der Waals surface area contributed by atoms with Gasteiger partial charge in [0, 0.05) is 18.6 Å². The first-order chi connectivity index (χ1) is 13.1. The van der Waals surface area contributed by atoms with Gasteiger partial charge >= 0.3 is 12.1 Å². The third-order valence-corrected chi connectivity index (χ3v) is 7.15. The van der Waals surface area contributed by atoms with E-state index in [1.54, 1.807) is 20.8 Å². The summed E-state index contributed by atoms with van der Waals surface area (Å²) in [5.74, 6) is -0.559. The summed E-state index contributed by atoms with van der Waals surface area (Å²) in [6, 6.07) is -1.46. The second-order valence-electron chi connectivity index (χ2n) is 10.0. The number of amides is 1. The largest absolute Gasteiger partial charge is 0.467 e. The third kappa shape index (κ3) is 6.07. The molecule has 1 aliphatic carbocycles. The van der Waals surface area contributed by atoms with Gasteiger partial charge in [-0.25, -0.2) is 18.0 Å². The summed E-state index contributed by atoms with van der Waals surface area (Å²) < 4.78 is 37.3. The fourth-order valence-corrected chi connectivity index (χ4v) is 5.80. The number of likely N-dealkylation sites (tertiary alicyclic amines) is 1. The molecule has 29 heavy (non-hydrogen) atoms. The first-order valence-corrected chi connectivity index (χ1v) is 12.1. The molecule has 2 aliphatic rings. The molecule has 0 bridgehead atoms. The van der Waals surface area contributed by atoms with E-state index >= 15 is 0 Å². The van der Waals surface area contributed by atoms with Gasteiger partial charge in [0.1, 0.15) is 11.6 Å². The molecule has 8 nitrogen and oxygen atoms in total. The van der Waals surface area contributed by atoms with Crippen LogP contribution in [0.3, 0.4) is 0 Å². The molecule has 1 heterocycles. The smallest absolute Gasteiger partial charge is 0.411 e. The minimum absolute atomic E-state index is 0.113. The van der Waals surface area contributed by atoms with Crippen molar-refractivity contribution >= 4 is 22.1 Å². The number of nitrogens with zero attached hydrogens (tertiary/aromatic N) is 2. The normalized spacial score (nSPS) is 25.9. The second kappa shape index (κ2) is 8.41. The van der Waals surface area contributed by atoms with E-state index in [0.29, 0.717) is 0 Å². The van der Waals surface area contributed by atoms with Crippen LogP contribution in [0.1, 0.15) is 66.7 Å². The lowest BCUT2D eigenvalue weighted by Gasteiger charge is -2.41. The molecule has 2 rings (SSSR count). The van der Waals surface area contributed by atoms with Gasteiger partial charge < -0.3 is 9.47 Å². The van der Waals surface area contributed by atoms with Gasteiger partial charge in [0.15, 0.2) is 0 Å². The van der Waals surface area contributed by atoms with E-state index in [9.17, 15) is 18.0 Å². The van der Waals surface area contributed by atoms with Crippen LogP contribution in [0.2, 0.25) is 0 Å². The lowest BCUT2D eigenvalue weighted by Crippen LogP contribution is -2.50. The molecule has 1 saturated heterocycles. The van der Waals surface area contributed by atoms with E-state index in [2.05, 4.69) is 13.8 Å². The lowest BCUT2D eigenvalue weighted by molar-refractivity contribution is -0.145. The number of methoxy groups -OCH3 is 1. The highest BCUT2D eigenvalue weighted by molar-refractivity contribution is 7.88. The average molecular weight is 433 g/mol.